The maximum absolute atomic E-state index is 4.77. The summed E-state index contributed by atoms with van der Waals surface area (Å²) in [4.78, 5) is 4.77. The lowest BCUT2D eigenvalue weighted by Gasteiger charge is -2.07. The van der Waals surface area contributed by atoms with Gasteiger partial charge in [-0.2, -0.15) is 5.21 Å². The van der Waals surface area contributed by atoms with E-state index in [4.69, 9.17) is 4.98 Å². The summed E-state index contributed by atoms with van der Waals surface area (Å²) < 4.78 is 0. The Hall–Kier alpha value is -2.79. The molecule has 0 aliphatic carbocycles. The highest BCUT2D eigenvalue weighted by atomic mass is 35.5. The number of hydrogen-bond acceptors (Lipinski definition) is 4. The van der Waals surface area contributed by atoms with Gasteiger partial charge in [0.25, 0.3) is 0 Å². The molecule has 0 atom stereocenters. The van der Waals surface area contributed by atoms with Gasteiger partial charge in [0.15, 0.2) is 0 Å². The number of aromatic nitrogens is 5. The van der Waals surface area contributed by atoms with Crippen molar-refractivity contribution in [2.24, 2.45) is 0 Å². The zero-order chi connectivity index (χ0) is 14.9. The molecule has 6 heteroatoms. The standard InChI is InChI=1S/C17H13N5.ClH/c1-11-6-8-15-12(10-11)7-9-16(18-15)13-4-2-3-5-14(13)17-19-21-22-20-17;/h2-10H,1H3,(H,19,20,21,22);1H. The summed E-state index contributed by atoms with van der Waals surface area (Å²) >= 11 is 0. The summed E-state index contributed by atoms with van der Waals surface area (Å²) in [6.45, 7) is 2.08. The van der Waals surface area contributed by atoms with Crippen molar-refractivity contribution in [3.8, 4) is 22.6 Å². The molecule has 0 aliphatic rings. The molecular weight excluding hydrogens is 310 g/mol. The van der Waals surface area contributed by atoms with E-state index in [9.17, 15) is 0 Å². The number of benzene rings is 2. The molecule has 0 amide bonds. The Morgan fingerprint density at radius 1 is 0.913 bits per heavy atom. The molecule has 4 aromatic rings. The van der Waals surface area contributed by atoms with Crippen LogP contribution >= 0.6 is 12.4 Å². The predicted molar refractivity (Wildman–Crippen MR) is 92.3 cm³/mol. The van der Waals surface area contributed by atoms with Crippen LogP contribution < -0.4 is 0 Å². The van der Waals surface area contributed by atoms with Crippen molar-refractivity contribution in [2.45, 2.75) is 6.92 Å². The zero-order valence-corrected chi connectivity index (χ0v) is 13.2. The molecule has 0 radical (unpaired) electrons. The monoisotopic (exact) mass is 323 g/mol. The minimum atomic E-state index is 0. The van der Waals surface area contributed by atoms with Crippen LogP contribution in [0.2, 0.25) is 0 Å². The number of rotatable bonds is 2. The van der Waals surface area contributed by atoms with E-state index in [0.717, 1.165) is 27.7 Å². The Bertz CT molecular complexity index is 950. The molecule has 0 saturated heterocycles. The van der Waals surface area contributed by atoms with E-state index in [-0.39, 0.29) is 12.4 Å². The van der Waals surface area contributed by atoms with E-state index in [1.54, 1.807) is 0 Å². The van der Waals surface area contributed by atoms with Gasteiger partial charge in [0.2, 0.25) is 5.82 Å². The summed E-state index contributed by atoms with van der Waals surface area (Å²) in [5, 5.41) is 15.4. The molecule has 2 aromatic heterocycles. The van der Waals surface area contributed by atoms with Crippen molar-refractivity contribution in [2.75, 3.05) is 0 Å². The number of pyridine rings is 1. The number of nitrogens with one attached hydrogen (secondary N) is 1. The number of H-pyrrole nitrogens is 1. The highest BCUT2D eigenvalue weighted by Crippen LogP contribution is 2.29. The van der Waals surface area contributed by atoms with Crippen LogP contribution in [0.4, 0.5) is 0 Å². The Morgan fingerprint density at radius 3 is 2.52 bits per heavy atom. The highest BCUT2D eigenvalue weighted by Gasteiger charge is 2.11. The van der Waals surface area contributed by atoms with Crippen molar-refractivity contribution < 1.29 is 0 Å². The molecule has 5 nitrogen and oxygen atoms in total. The molecule has 0 unspecified atom stereocenters. The van der Waals surface area contributed by atoms with Crippen LogP contribution in [0.3, 0.4) is 0 Å². The summed E-state index contributed by atoms with van der Waals surface area (Å²) in [6, 6.07) is 18.3. The molecule has 0 spiro atoms. The van der Waals surface area contributed by atoms with Gasteiger partial charge in [0.1, 0.15) is 0 Å². The normalized spacial score (nSPS) is 10.5. The number of aromatic amines is 1. The second-order valence-electron chi connectivity index (χ2n) is 5.17. The molecule has 0 aliphatic heterocycles. The van der Waals surface area contributed by atoms with Crippen LogP contribution in [0.15, 0.2) is 54.6 Å². The van der Waals surface area contributed by atoms with Crippen LogP contribution in [0.25, 0.3) is 33.5 Å². The lowest BCUT2D eigenvalue weighted by atomic mass is 10.0. The first-order chi connectivity index (χ1) is 10.8. The van der Waals surface area contributed by atoms with Crippen LogP contribution in [-0.2, 0) is 0 Å². The van der Waals surface area contributed by atoms with Crippen LogP contribution in [-0.4, -0.2) is 25.6 Å². The van der Waals surface area contributed by atoms with Crippen LogP contribution in [0, 0.1) is 6.92 Å². The average Bonchev–Trinajstić information content (AvgIpc) is 3.09. The van der Waals surface area contributed by atoms with E-state index < -0.39 is 0 Å². The fourth-order valence-corrected chi connectivity index (χ4v) is 2.57. The third-order valence-electron chi connectivity index (χ3n) is 3.63. The molecule has 1 N–H and O–H groups in total. The van der Waals surface area contributed by atoms with E-state index in [2.05, 4.69) is 45.7 Å². The number of fused-ring (bicyclic) bond motifs is 1. The van der Waals surface area contributed by atoms with Gasteiger partial charge in [0.05, 0.1) is 11.2 Å². The number of tetrazole rings is 1. The Labute approximate surface area is 139 Å². The van der Waals surface area contributed by atoms with Gasteiger partial charge in [-0.25, -0.2) is 4.98 Å². The first-order valence-corrected chi connectivity index (χ1v) is 7.02. The largest absolute Gasteiger partial charge is 0.248 e. The van der Waals surface area contributed by atoms with E-state index in [0.29, 0.717) is 5.82 Å². The predicted octanol–water partition coefficient (Wildman–Crippen LogP) is 3.81. The second-order valence-corrected chi connectivity index (χ2v) is 5.17. The molecule has 0 bridgehead atoms. The quantitative estimate of drug-likeness (QED) is 0.609. The maximum Gasteiger partial charge on any atom is 0.205 e. The molecule has 114 valence electrons. The van der Waals surface area contributed by atoms with E-state index in [1.807, 2.05) is 36.4 Å². The van der Waals surface area contributed by atoms with Crippen LogP contribution in [0.5, 0.6) is 0 Å². The van der Waals surface area contributed by atoms with Gasteiger partial charge in [-0.3, -0.25) is 0 Å². The average molecular weight is 324 g/mol. The Balaban J connectivity index is 0.00000156. The van der Waals surface area contributed by atoms with E-state index in [1.165, 1.54) is 5.56 Å². The van der Waals surface area contributed by atoms with Gasteiger partial charge in [-0.05, 0) is 30.3 Å². The Morgan fingerprint density at radius 2 is 1.74 bits per heavy atom. The smallest absolute Gasteiger partial charge is 0.205 e. The molecule has 0 fully saturated rings. The van der Waals surface area contributed by atoms with E-state index >= 15 is 0 Å². The first kappa shape index (κ1) is 15.1. The zero-order valence-electron chi connectivity index (χ0n) is 12.4. The molecular formula is C17H14ClN5. The van der Waals surface area contributed by atoms with Crippen molar-refractivity contribution in [3.63, 3.8) is 0 Å². The molecule has 0 saturated carbocycles. The molecule has 2 heterocycles. The second kappa shape index (κ2) is 6.14. The van der Waals surface area contributed by atoms with Gasteiger partial charge in [-0.1, -0.05) is 42.0 Å². The molecule has 2 aromatic carbocycles. The topological polar surface area (TPSA) is 67.3 Å². The van der Waals surface area contributed by atoms with Gasteiger partial charge < -0.3 is 0 Å². The first-order valence-electron chi connectivity index (χ1n) is 7.02. The lowest BCUT2D eigenvalue weighted by molar-refractivity contribution is 0.881. The number of nitrogens with zero attached hydrogens (tertiary/aromatic N) is 4. The SMILES string of the molecule is Cc1ccc2nc(-c3ccccc3-c3nn[nH]n3)ccc2c1.Cl. The third kappa shape index (κ3) is 2.78. The maximum atomic E-state index is 4.77. The van der Waals surface area contributed by atoms with Crippen molar-refractivity contribution in [3.05, 3.63) is 60.2 Å². The third-order valence-corrected chi connectivity index (χ3v) is 3.63. The van der Waals surface area contributed by atoms with Gasteiger partial charge in [0, 0.05) is 16.5 Å². The number of halogens is 1. The van der Waals surface area contributed by atoms with Crippen molar-refractivity contribution in [1.29, 1.82) is 0 Å². The van der Waals surface area contributed by atoms with Crippen LogP contribution in [0.1, 0.15) is 5.56 Å². The Kier molecular flexibility index (Phi) is 4.04. The summed E-state index contributed by atoms with van der Waals surface area (Å²) in [6.07, 6.45) is 0. The number of aryl methyl sites for hydroxylation is 1. The lowest BCUT2D eigenvalue weighted by Crippen LogP contribution is -1.90. The molecule has 23 heavy (non-hydrogen) atoms. The minimum absolute atomic E-state index is 0. The highest BCUT2D eigenvalue weighted by molar-refractivity contribution is 5.86. The van der Waals surface area contributed by atoms with Crippen molar-refractivity contribution in [1.82, 2.24) is 25.6 Å². The van der Waals surface area contributed by atoms with Gasteiger partial charge >= 0.3 is 0 Å². The summed E-state index contributed by atoms with van der Waals surface area (Å²) in [5.41, 5.74) is 5.01. The van der Waals surface area contributed by atoms with Crippen molar-refractivity contribution >= 4 is 23.3 Å². The minimum Gasteiger partial charge on any atom is -0.248 e. The van der Waals surface area contributed by atoms with Gasteiger partial charge in [-0.15, -0.1) is 22.6 Å². The molecule has 4 rings (SSSR count). The summed E-state index contributed by atoms with van der Waals surface area (Å²) in [5.74, 6) is 0.571. The fourth-order valence-electron chi connectivity index (χ4n) is 2.57. The summed E-state index contributed by atoms with van der Waals surface area (Å²) in [7, 11) is 0. The fraction of sp³-hybridized carbons (Fsp3) is 0.0588. The number of hydrogen-bond donors (Lipinski definition) is 1.